The van der Waals surface area contributed by atoms with Gasteiger partial charge in [-0.1, -0.05) is 26.0 Å². The quantitative estimate of drug-likeness (QED) is 0.904. The highest BCUT2D eigenvalue weighted by Gasteiger charge is 2.57. The minimum absolute atomic E-state index is 0.161. The standard InChI is InChI=1S/C16H22FNO/c1-16(2)14(13-7-4-8-19-15(13)16)18-10-11-5-3-6-12(17)9-11/h3,5-6,9,13-15,18H,4,7-8,10H2,1-2H3. The van der Waals surface area contributed by atoms with Gasteiger partial charge in [-0.3, -0.25) is 0 Å². The van der Waals surface area contributed by atoms with Crippen molar-refractivity contribution < 1.29 is 9.13 Å². The maximum absolute atomic E-state index is 13.2. The van der Waals surface area contributed by atoms with E-state index >= 15 is 0 Å². The summed E-state index contributed by atoms with van der Waals surface area (Å²) in [5.41, 5.74) is 1.19. The Morgan fingerprint density at radius 1 is 1.42 bits per heavy atom. The first-order chi connectivity index (χ1) is 9.09. The zero-order valence-corrected chi connectivity index (χ0v) is 11.7. The van der Waals surface area contributed by atoms with Gasteiger partial charge in [0.25, 0.3) is 0 Å². The zero-order valence-electron chi connectivity index (χ0n) is 11.7. The first-order valence-corrected chi connectivity index (χ1v) is 7.18. The van der Waals surface area contributed by atoms with Crippen LogP contribution in [-0.2, 0) is 11.3 Å². The van der Waals surface area contributed by atoms with Crippen molar-refractivity contribution in [3.63, 3.8) is 0 Å². The van der Waals surface area contributed by atoms with E-state index in [0.717, 1.165) is 25.1 Å². The summed E-state index contributed by atoms with van der Waals surface area (Å²) >= 11 is 0. The number of rotatable bonds is 3. The van der Waals surface area contributed by atoms with E-state index in [1.807, 2.05) is 6.07 Å². The predicted molar refractivity (Wildman–Crippen MR) is 73.3 cm³/mol. The second-order valence-electron chi connectivity index (χ2n) is 6.41. The Morgan fingerprint density at radius 3 is 3.05 bits per heavy atom. The number of nitrogens with one attached hydrogen (secondary N) is 1. The second kappa shape index (κ2) is 4.88. The van der Waals surface area contributed by atoms with Crippen LogP contribution in [0.2, 0.25) is 0 Å². The average Bonchev–Trinajstić information content (AvgIpc) is 2.39. The van der Waals surface area contributed by atoms with Gasteiger partial charge in [0.05, 0.1) is 6.10 Å². The normalized spacial score (nSPS) is 32.5. The SMILES string of the molecule is CC1(C)C(NCc2cccc(F)c2)C2CCCOC21. The molecule has 2 nitrogen and oxygen atoms in total. The number of hydrogen-bond acceptors (Lipinski definition) is 2. The summed E-state index contributed by atoms with van der Waals surface area (Å²) in [6.07, 6.45) is 2.80. The van der Waals surface area contributed by atoms with Gasteiger partial charge in [-0.25, -0.2) is 4.39 Å². The van der Waals surface area contributed by atoms with Crippen LogP contribution < -0.4 is 5.32 Å². The maximum Gasteiger partial charge on any atom is 0.123 e. The molecule has 1 aromatic carbocycles. The number of hydrogen-bond donors (Lipinski definition) is 1. The number of halogens is 1. The van der Waals surface area contributed by atoms with E-state index in [9.17, 15) is 4.39 Å². The molecular formula is C16H22FNO. The minimum atomic E-state index is -0.161. The van der Waals surface area contributed by atoms with Gasteiger partial charge in [0.2, 0.25) is 0 Å². The fourth-order valence-electron chi connectivity index (χ4n) is 3.81. The van der Waals surface area contributed by atoms with E-state index in [1.165, 1.54) is 12.5 Å². The molecule has 1 aliphatic carbocycles. The van der Waals surface area contributed by atoms with Crippen LogP contribution >= 0.6 is 0 Å². The van der Waals surface area contributed by atoms with E-state index in [4.69, 9.17) is 4.74 Å². The van der Waals surface area contributed by atoms with Crippen LogP contribution in [0.4, 0.5) is 4.39 Å². The Bertz CT molecular complexity index is 460. The van der Waals surface area contributed by atoms with Crippen molar-refractivity contribution in [2.45, 2.75) is 45.4 Å². The first kappa shape index (κ1) is 13.1. The van der Waals surface area contributed by atoms with Crippen LogP contribution in [0.1, 0.15) is 32.3 Å². The molecule has 0 radical (unpaired) electrons. The van der Waals surface area contributed by atoms with Crippen LogP contribution in [0.5, 0.6) is 0 Å². The molecule has 2 aliphatic rings. The molecule has 1 saturated heterocycles. The molecule has 104 valence electrons. The van der Waals surface area contributed by atoms with Gasteiger partial charge >= 0.3 is 0 Å². The van der Waals surface area contributed by atoms with Crippen LogP contribution in [0.3, 0.4) is 0 Å². The molecule has 1 heterocycles. The molecule has 1 saturated carbocycles. The van der Waals surface area contributed by atoms with Crippen LogP contribution in [0, 0.1) is 17.2 Å². The lowest BCUT2D eigenvalue weighted by Crippen LogP contribution is -2.69. The number of benzene rings is 1. The predicted octanol–water partition coefficient (Wildman–Crippen LogP) is 3.12. The van der Waals surface area contributed by atoms with Crippen molar-refractivity contribution in [1.29, 1.82) is 0 Å². The average molecular weight is 263 g/mol. The molecule has 3 rings (SSSR count). The third-order valence-electron chi connectivity index (χ3n) is 4.75. The molecule has 1 aliphatic heterocycles. The van der Waals surface area contributed by atoms with Crippen LogP contribution in [-0.4, -0.2) is 18.8 Å². The molecule has 3 unspecified atom stereocenters. The second-order valence-corrected chi connectivity index (χ2v) is 6.41. The third-order valence-corrected chi connectivity index (χ3v) is 4.75. The Kier molecular flexibility index (Phi) is 3.35. The number of ether oxygens (including phenoxy) is 1. The largest absolute Gasteiger partial charge is 0.377 e. The highest BCUT2D eigenvalue weighted by molar-refractivity contribution is 5.17. The summed E-state index contributed by atoms with van der Waals surface area (Å²) in [5, 5.41) is 3.61. The lowest BCUT2D eigenvalue weighted by atomic mass is 9.55. The van der Waals surface area contributed by atoms with Gasteiger partial charge in [-0.15, -0.1) is 0 Å². The Hall–Kier alpha value is -0.930. The van der Waals surface area contributed by atoms with Crippen molar-refractivity contribution in [2.24, 2.45) is 11.3 Å². The number of fused-ring (bicyclic) bond motifs is 1. The molecular weight excluding hydrogens is 241 g/mol. The summed E-state index contributed by atoms with van der Waals surface area (Å²) in [6.45, 7) is 6.17. The van der Waals surface area contributed by atoms with Crippen LogP contribution in [0.15, 0.2) is 24.3 Å². The van der Waals surface area contributed by atoms with E-state index in [-0.39, 0.29) is 11.2 Å². The van der Waals surface area contributed by atoms with E-state index in [1.54, 1.807) is 12.1 Å². The van der Waals surface area contributed by atoms with Gasteiger partial charge in [-0.2, -0.15) is 0 Å². The fourth-order valence-corrected chi connectivity index (χ4v) is 3.81. The topological polar surface area (TPSA) is 21.3 Å². The van der Waals surface area contributed by atoms with E-state index in [0.29, 0.717) is 18.1 Å². The summed E-state index contributed by atoms with van der Waals surface area (Å²) in [4.78, 5) is 0. The van der Waals surface area contributed by atoms with Crippen molar-refractivity contribution in [1.82, 2.24) is 5.32 Å². The highest BCUT2D eigenvalue weighted by Crippen LogP contribution is 2.51. The van der Waals surface area contributed by atoms with Gasteiger partial charge in [-0.05, 0) is 30.5 Å². The minimum Gasteiger partial charge on any atom is -0.377 e. The molecule has 0 amide bonds. The van der Waals surface area contributed by atoms with Gasteiger partial charge in [0.1, 0.15) is 5.82 Å². The molecule has 2 fully saturated rings. The molecule has 3 heteroatoms. The summed E-state index contributed by atoms with van der Waals surface area (Å²) in [7, 11) is 0. The molecule has 0 spiro atoms. The summed E-state index contributed by atoms with van der Waals surface area (Å²) in [5.74, 6) is 0.461. The van der Waals surface area contributed by atoms with Crippen molar-refractivity contribution in [3.05, 3.63) is 35.6 Å². The molecule has 1 aromatic rings. The molecule has 3 atom stereocenters. The van der Waals surface area contributed by atoms with Gasteiger partial charge in [0.15, 0.2) is 0 Å². The Balaban J connectivity index is 1.63. The van der Waals surface area contributed by atoms with Crippen LogP contribution in [0.25, 0.3) is 0 Å². The zero-order chi connectivity index (χ0) is 13.5. The van der Waals surface area contributed by atoms with E-state index in [2.05, 4.69) is 19.2 Å². The third kappa shape index (κ3) is 2.30. The highest BCUT2D eigenvalue weighted by atomic mass is 19.1. The smallest absolute Gasteiger partial charge is 0.123 e. The Labute approximate surface area is 114 Å². The molecule has 0 aromatic heterocycles. The molecule has 1 N–H and O–H groups in total. The monoisotopic (exact) mass is 263 g/mol. The molecule has 0 bridgehead atoms. The fraction of sp³-hybridized carbons (Fsp3) is 0.625. The van der Waals surface area contributed by atoms with E-state index < -0.39 is 0 Å². The molecule has 19 heavy (non-hydrogen) atoms. The Morgan fingerprint density at radius 2 is 2.26 bits per heavy atom. The van der Waals surface area contributed by atoms with Gasteiger partial charge < -0.3 is 10.1 Å². The van der Waals surface area contributed by atoms with Crippen molar-refractivity contribution in [2.75, 3.05) is 6.61 Å². The summed E-state index contributed by atoms with van der Waals surface area (Å²) in [6, 6.07) is 7.30. The van der Waals surface area contributed by atoms with Crippen molar-refractivity contribution in [3.8, 4) is 0 Å². The lowest BCUT2D eigenvalue weighted by molar-refractivity contribution is -0.192. The lowest BCUT2D eigenvalue weighted by Gasteiger charge is -2.60. The maximum atomic E-state index is 13.2. The van der Waals surface area contributed by atoms with Gasteiger partial charge in [0, 0.05) is 30.5 Å². The van der Waals surface area contributed by atoms with Crippen molar-refractivity contribution >= 4 is 0 Å². The first-order valence-electron chi connectivity index (χ1n) is 7.18. The summed E-state index contributed by atoms with van der Waals surface area (Å²) < 4.78 is 19.1.